The Kier molecular flexibility index (Phi) is 8.30. The third kappa shape index (κ3) is 5.55. The van der Waals surface area contributed by atoms with Crippen LogP contribution in [0.15, 0.2) is 97.1 Å². The van der Waals surface area contributed by atoms with E-state index in [9.17, 15) is 0 Å². The summed E-state index contributed by atoms with van der Waals surface area (Å²) in [6.07, 6.45) is 5.91. The second-order valence-electron chi connectivity index (χ2n) is 26.3. The molecule has 66 heavy (non-hydrogen) atoms. The van der Waals surface area contributed by atoms with Crippen molar-refractivity contribution in [2.24, 2.45) is 0 Å². The molecule has 0 bridgehead atoms. The van der Waals surface area contributed by atoms with Crippen LogP contribution in [0.3, 0.4) is 0 Å². The number of fused-ring (bicyclic) bond motifs is 10. The van der Waals surface area contributed by atoms with Crippen molar-refractivity contribution in [3.05, 3.63) is 147 Å². The molecule has 4 aliphatic carbocycles. The monoisotopic (exact) mass is 867 g/mol. The second-order valence-corrected chi connectivity index (χ2v) is 26.3. The Hall–Kier alpha value is -5.02. The minimum absolute atomic E-state index is 0.0588. The predicted octanol–water partition coefficient (Wildman–Crippen LogP) is 15.0. The first kappa shape index (κ1) is 42.3. The van der Waals surface area contributed by atoms with E-state index in [0.29, 0.717) is 0 Å². The van der Waals surface area contributed by atoms with Crippen LogP contribution in [-0.4, -0.2) is 6.71 Å². The van der Waals surface area contributed by atoms with Gasteiger partial charge in [-0.2, -0.15) is 0 Å². The number of benzene rings is 6. The van der Waals surface area contributed by atoms with E-state index in [2.05, 4.69) is 211 Å². The Balaban J connectivity index is 1.23. The maximum Gasteiger partial charge on any atom is 0.252 e. The van der Waals surface area contributed by atoms with Crippen LogP contribution in [0.25, 0.3) is 11.1 Å². The van der Waals surface area contributed by atoms with Gasteiger partial charge in [0.2, 0.25) is 0 Å². The fraction of sp³-hybridized carbons (Fsp3) is 0.429. The topological polar surface area (TPSA) is 6.48 Å². The van der Waals surface area contributed by atoms with Gasteiger partial charge in [-0.25, -0.2) is 0 Å². The number of nitrogens with zero attached hydrogens (tertiary/aromatic N) is 2. The number of hydrogen-bond donors (Lipinski definition) is 0. The van der Waals surface area contributed by atoms with Crippen LogP contribution in [-0.2, 0) is 37.9 Å². The van der Waals surface area contributed by atoms with E-state index in [4.69, 9.17) is 0 Å². The standard InChI is InChI=1S/C63H71BN2/c1-37-29-53-56-54(30-37)66(50-22-18-21-42-55(50)39-19-16-17-20-40(39)63(42,14)15)52-34-46-44(59(6,7)27-28-60(46,8)9)32-49(52)64(56)48-33-45-47(62(12,13)36-61(45,10)11)35-51(48)65(53)38-23-24-41-43(31-38)58(4,5)26-25-57(41,2)3/h16-24,29-35H,25-28,36H2,1-15H3. The van der Waals surface area contributed by atoms with E-state index in [-0.39, 0.29) is 44.6 Å². The zero-order chi connectivity index (χ0) is 46.6. The lowest BCUT2D eigenvalue weighted by Crippen LogP contribution is -2.62. The Labute approximate surface area is 397 Å². The van der Waals surface area contributed by atoms with Gasteiger partial charge in [0.1, 0.15) is 0 Å². The number of anilines is 6. The molecule has 0 unspecified atom stereocenters. The zero-order valence-electron chi connectivity index (χ0n) is 42.7. The lowest BCUT2D eigenvalue weighted by Gasteiger charge is -2.48. The first-order valence-corrected chi connectivity index (χ1v) is 25.4. The lowest BCUT2D eigenvalue weighted by molar-refractivity contribution is 0.332. The van der Waals surface area contributed by atoms with Crippen molar-refractivity contribution in [1.82, 2.24) is 0 Å². The summed E-state index contributed by atoms with van der Waals surface area (Å²) in [5, 5.41) is 0. The number of hydrogen-bond acceptors (Lipinski definition) is 2. The van der Waals surface area contributed by atoms with Crippen molar-refractivity contribution < 1.29 is 0 Å². The number of aryl methyl sites for hydroxylation is 1. The Morgan fingerprint density at radius 2 is 0.879 bits per heavy atom. The first-order valence-electron chi connectivity index (χ1n) is 25.4. The molecule has 0 saturated carbocycles. The molecule has 0 aromatic heterocycles. The smallest absolute Gasteiger partial charge is 0.252 e. The zero-order valence-corrected chi connectivity index (χ0v) is 42.7. The molecule has 0 saturated heterocycles. The van der Waals surface area contributed by atoms with Crippen molar-refractivity contribution in [1.29, 1.82) is 0 Å². The van der Waals surface area contributed by atoms with Crippen LogP contribution in [0, 0.1) is 6.92 Å². The summed E-state index contributed by atoms with van der Waals surface area (Å²) in [5.41, 5.74) is 28.6. The number of rotatable bonds is 2. The molecule has 6 aliphatic rings. The SMILES string of the molecule is Cc1cc2c3c(c1)N(c1cccc4c1-c1ccccc1C4(C)C)c1cc4c(cc1B3c1cc3c(cc1N2c1ccc2c(c1)C(C)(C)CCC2(C)C)C(C)(C)CC3(C)C)C(C)(C)CCC4(C)C. The average molecular weight is 867 g/mol. The van der Waals surface area contributed by atoms with Crippen molar-refractivity contribution in [3.8, 4) is 11.1 Å². The molecule has 6 aromatic carbocycles. The van der Waals surface area contributed by atoms with Crippen LogP contribution in [0.1, 0.15) is 179 Å². The third-order valence-electron chi connectivity index (χ3n) is 18.6. The van der Waals surface area contributed by atoms with Gasteiger partial charge in [-0.3, -0.25) is 0 Å². The van der Waals surface area contributed by atoms with Gasteiger partial charge < -0.3 is 9.80 Å². The van der Waals surface area contributed by atoms with E-state index < -0.39 is 0 Å². The van der Waals surface area contributed by atoms with E-state index in [0.717, 1.165) is 6.42 Å². The first-order chi connectivity index (χ1) is 30.8. The maximum absolute atomic E-state index is 2.74. The summed E-state index contributed by atoms with van der Waals surface area (Å²) >= 11 is 0. The van der Waals surface area contributed by atoms with Gasteiger partial charge in [0, 0.05) is 39.4 Å². The van der Waals surface area contributed by atoms with Gasteiger partial charge in [-0.05, 0) is 186 Å². The van der Waals surface area contributed by atoms with Crippen LogP contribution in [0.5, 0.6) is 0 Å². The van der Waals surface area contributed by atoms with E-state index in [1.54, 1.807) is 0 Å². The van der Waals surface area contributed by atoms with Gasteiger partial charge in [0.25, 0.3) is 6.71 Å². The van der Waals surface area contributed by atoms with Gasteiger partial charge >= 0.3 is 0 Å². The quantitative estimate of drug-likeness (QED) is 0.160. The molecule has 3 heteroatoms. The Morgan fingerprint density at radius 1 is 0.394 bits per heavy atom. The summed E-state index contributed by atoms with van der Waals surface area (Å²) in [4.78, 5) is 5.47. The molecule has 12 rings (SSSR count). The molecule has 0 spiro atoms. The Morgan fingerprint density at radius 3 is 1.50 bits per heavy atom. The fourth-order valence-electron chi connectivity index (χ4n) is 14.8. The van der Waals surface area contributed by atoms with Gasteiger partial charge in [-0.15, -0.1) is 0 Å². The van der Waals surface area contributed by atoms with Crippen LogP contribution in [0.4, 0.5) is 34.1 Å². The summed E-state index contributed by atoms with van der Waals surface area (Å²) in [5.74, 6) is 0. The Bertz CT molecular complexity index is 3130. The molecule has 0 fully saturated rings. The van der Waals surface area contributed by atoms with E-state index in [1.165, 1.54) is 137 Å². The molecule has 6 aromatic rings. The van der Waals surface area contributed by atoms with Crippen molar-refractivity contribution >= 4 is 57.2 Å². The summed E-state index contributed by atoms with van der Waals surface area (Å²) in [6.45, 7) is 37.1. The predicted molar refractivity (Wildman–Crippen MR) is 284 cm³/mol. The molecular formula is C63H71BN2. The van der Waals surface area contributed by atoms with Crippen LogP contribution in [0.2, 0.25) is 0 Å². The van der Waals surface area contributed by atoms with E-state index >= 15 is 0 Å². The molecule has 336 valence electrons. The lowest BCUT2D eigenvalue weighted by atomic mass is 9.32. The molecule has 0 atom stereocenters. The molecule has 2 aliphatic heterocycles. The molecule has 0 radical (unpaired) electrons. The van der Waals surface area contributed by atoms with E-state index in [1.807, 2.05) is 0 Å². The van der Waals surface area contributed by atoms with Crippen molar-refractivity contribution in [2.45, 2.75) is 174 Å². The molecule has 0 N–H and O–H groups in total. The third-order valence-corrected chi connectivity index (χ3v) is 18.6. The van der Waals surface area contributed by atoms with Crippen molar-refractivity contribution in [3.63, 3.8) is 0 Å². The van der Waals surface area contributed by atoms with Gasteiger partial charge in [0.05, 0.1) is 5.69 Å². The van der Waals surface area contributed by atoms with Crippen molar-refractivity contribution in [2.75, 3.05) is 9.80 Å². The minimum Gasteiger partial charge on any atom is -0.311 e. The summed E-state index contributed by atoms with van der Waals surface area (Å²) in [7, 11) is 0. The second kappa shape index (κ2) is 12.9. The molecule has 2 nitrogen and oxygen atoms in total. The highest BCUT2D eigenvalue weighted by molar-refractivity contribution is 7.00. The minimum atomic E-state index is -0.109. The fourth-order valence-corrected chi connectivity index (χ4v) is 14.8. The van der Waals surface area contributed by atoms with Gasteiger partial charge in [0.15, 0.2) is 0 Å². The normalized spacial score (nSPS) is 21.7. The van der Waals surface area contributed by atoms with Gasteiger partial charge in [-0.1, -0.05) is 152 Å². The average Bonchev–Trinajstić information content (AvgIpc) is 3.59. The highest BCUT2D eigenvalue weighted by atomic mass is 15.2. The molecular weight excluding hydrogens is 796 g/mol. The summed E-state index contributed by atoms with van der Waals surface area (Å²) < 4.78 is 0. The maximum atomic E-state index is 2.74. The largest absolute Gasteiger partial charge is 0.311 e. The van der Waals surface area contributed by atoms with Crippen LogP contribution < -0.4 is 26.2 Å². The highest BCUT2D eigenvalue weighted by Crippen LogP contribution is 2.58. The molecule has 2 heterocycles. The van der Waals surface area contributed by atoms with Crippen LogP contribution >= 0.6 is 0 Å². The molecule has 0 amide bonds. The highest BCUT2D eigenvalue weighted by Gasteiger charge is 2.51. The summed E-state index contributed by atoms with van der Waals surface area (Å²) in [6, 6.07) is 39.8.